The molecule has 1 unspecified atom stereocenters. The fraction of sp³-hybridized carbons (Fsp3) is 0.643. The number of rotatable bonds is 3. The van der Waals surface area contributed by atoms with Gasteiger partial charge in [-0.1, -0.05) is 6.92 Å². The van der Waals surface area contributed by atoms with Crippen LogP contribution in [0.5, 0.6) is 0 Å². The van der Waals surface area contributed by atoms with Crippen LogP contribution in [0.3, 0.4) is 0 Å². The molecule has 114 valence electrons. The standard InChI is InChI=1S/C14H22BrN3S.HI/c1-11-4-3-9-18(10-11)14(16-2)17-8-7-12-5-6-13(15)19-12;/h5-6,11H,3-4,7-10H2,1-2H3,(H,16,17);1H. The monoisotopic (exact) mass is 471 g/mol. The summed E-state index contributed by atoms with van der Waals surface area (Å²) in [5.74, 6) is 1.84. The summed E-state index contributed by atoms with van der Waals surface area (Å²) in [6.07, 6.45) is 3.68. The number of likely N-dealkylation sites (tertiary alicyclic amines) is 1. The molecule has 0 bridgehead atoms. The quantitative estimate of drug-likeness (QED) is 0.410. The van der Waals surface area contributed by atoms with Crippen molar-refractivity contribution in [2.75, 3.05) is 26.7 Å². The topological polar surface area (TPSA) is 27.6 Å². The van der Waals surface area contributed by atoms with Crippen LogP contribution in [-0.2, 0) is 6.42 Å². The summed E-state index contributed by atoms with van der Waals surface area (Å²) in [5, 5.41) is 3.48. The molecule has 0 spiro atoms. The Morgan fingerprint density at radius 2 is 2.35 bits per heavy atom. The molecule has 1 saturated heterocycles. The first-order valence-electron chi connectivity index (χ1n) is 6.89. The number of nitrogens with zero attached hydrogens (tertiary/aromatic N) is 2. The van der Waals surface area contributed by atoms with Crippen LogP contribution in [0.1, 0.15) is 24.6 Å². The molecular weight excluding hydrogens is 449 g/mol. The third-order valence-corrected chi connectivity index (χ3v) is 5.14. The highest BCUT2D eigenvalue weighted by molar-refractivity contribution is 14.0. The van der Waals surface area contributed by atoms with E-state index in [0.717, 1.165) is 37.9 Å². The smallest absolute Gasteiger partial charge is 0.193 e. The lowest BCUT2D eigenvalue weighted by molar-refractivity contribution is 0.266. The molecule has 1 aromatic rings. The molecule has 1 fully saturated rings. The van der Waals surface area contributed by atoms with Crippen LogP contribution in [0, 0.1) is 5.92 Å². The number of aliphatic imine (C=N–C) groups is 1. The van der Waals surface area contributed by atoms with Gasteiger partial charge in [0.15, 0.2) is 5.96 Å². The third-order valence-electron chi connectivity index (χ3n) is 3.45. The van der Waals surface area contributed by atoms with Crippen molar-refractivity contribution in [3.63, 3.8) is 0 Å². The SMILES string of the molecule is CN=C(NCCc1ccc(Br)s1)N1CCCC(C)C1.I. The molecule has 6 heteroatoms. The first-order valence-corrected chi connectivity index (χ1v) is 8.50. The maximum absolute atomic E-state index is 4.41. The fourth-order valence-corrected chi connectivity index (χ4v) is 3.98. The molecule has 1 aliphatic heterocycles. The number of piperidine rings is 1. The van der Waals surface area contributed by atoms with Gasteiger partial charge < -0.3 is 10.2 Å². The predicted molar refractivity (Wildman–Crippen MR) is 102 cm³/mol. The summed E-state index contributed by atoms with van der Waals surface area (Å²) in [6.45, 7) is 5.53. The van der Waals surface area contributed by atoms with Crippen LogP contribution >= 0.6 is 51.2 Å². The first kappa shape index (κ1) is 18.2. The van der Waals surface area contributed by atoms with Gasteiger partial charge >= 0.3 is 0 Å². The third kappa shape index (κ3) is 5.52. The van der Waals surface area contributed by atoms with E-state index in [-0.39, 0.29) is 24.0 Å². The Hall–Kier alpha value is 0.180. The van der Waals surface area contributed by atoms with Gasteiger partial charge in [0, 0.05) is 31.6 Å². The van der Waals surface area contributed by atoms with Crippen molar-refractivity contribution >= 4 is 57.2 Å². The average molecular weight is 472 g/mol. The first-order chi connectivity index (χ1) is 9.19. The minimum atomic E-state index is 0. The number of thiophene rings is 1. The zero-order valence-electron chi connectivity index (χ0n) is 12.1. The predicted octanol–water partition coefficient (Wildman–Crippen LogP) is 3.98. The molecule has 2 heterocycles. The van der Waals surface area contributed by atoms with E-state index in [4.69, 9.17) is 0 Å². The zero-order valence-corrected chi connectivity index (χ0v) is 16.8. The van der Waals surface area contributed by atoms with Crippen molar-refractivity contribution in [3.8, 4) is 0 Å². The van der Waals surface area contributed by atoms with Crippen molar-refractivity contribution < 1.29 is 0 Å². The van der Waals surface area contributed by atoms with Gasteiger partial charge in [0.25, 0.3) is 0 Å². The van der Waals surface area contributed by atoms with E-state index in [1.165, 1.54) is 21.5 Å². The maximum atomic E-state index is 4.41. The molecule has 0 aliphatic carbocycles. The number of hydrogen-bond acceptors (Lipinski definition) is 2. The average Bonchev–Trinajstić information content (AvgIpc) is 2.80. The maximum Gasteiger partial charge on any atom is 0.193 e. The van der Waals surface area contributed by atoms with Crippen LogP contribution in [0.4, 0.5) is 0 Å². The number of hydrogen-bond donors (Lipinski definition) is 1. The molecule has 1 aromatic heterocycles. The summed E-state index contributed by atoms with van der Waals surface area (Å²) in [7, 11) is 1.88. The molecule has 0 aromatic carbocycles. The Labute approximate surface area is 151 Å². The van der Waals surface area contributed by atoms with Gasteiger partial charge in [0.2, 0.25) is 0 Å². The number of halogens is 2. The highest BCUT2D eigenvalue weighted by Crippen LogP contribution is 2.22. The molecule has 0 saturated carbocycles. The molecular formula is C14H23BrIN3S. The Morgan fingerprint density at radius 3 is 2.95 bits per heavy atom. The largest absolute Gasteiger partial charge is 0.356 e. The fourth-order valence-electron chi connectivity index (χ4n) is 2.50. The lowest BCUT2D eigenvalue weighted by atomic mass is 10.0. The Morgan fingerprint density at radius 1 is 1.55 bits per heavy atom. The molecule has 2 rings (SSSR count). The molecule has 1 atom stereocenters. The van der Waals surface area contributed by atoms with Crippen molar-refractivity contribution in [1.82, 2.24) is 10.2 Å². The Bertz CT molecular complexity index is 436. The highest BCUT2D eigenvalue weighted by atomic mass is 127. The lowest BCUT2D eigenvalue weighted by Gasteiger charge is -2.33. The van der Waals surface area contributed by atoms with Gasteiger partial charge in [-0.05, 0) is 53.2 Å². The normalized spacial score (nSPS) is 19.6. The zero-order chi connectivity index (χ0) is 13.7. The van der Waals surface area contributed by atoms with Gasteiger partial charge in [-0.2, -0.15) is 0 Å². The van der Waals surface area contributed by atoms with Crippen LogP contribution in [0.15, 0.2) is 20.9 Å². The van der Waals surface area contributed by atoms with Crippen molar-refractivity contribution in [3.05, 3.63) is 20.8 Å². The van der Waals surface area contributed by atoms with E-state index < -0.39 is 0 Å². The second-order valence-corrected chi connectivity index (χ2v) is 7.67. The molecule has 0 radical (unpaired) electrons. The molecule has 20 heavy (non-hydrogen) atoms. The van der Waals surface area contributed by atoms with Gasteiger partial charge in [-0.3, -0.25) is 4.99 Å². The van der Waals surface area contributed by atoms with E-state index in [0.29, 0.717) is 0 Å². The van der Waals surface area contributed by atoms with Crippen molar-refractivity contribution in [2.45, 2.75) is 26.2 Å². The lowest BCUT2D eigenvalue weighted by Crippen LogP contribution is -2.46. The van der Waals surface area contributed by atoms with Crippen LogP contribution in [0.25, 0.3) is 0 Å². The summed E-state index contributed by atoms with van der Waals surface area (Å²) in [6, 6.07) is 4.29. The van der Waals surface area contributed by atoms with Crippen molar-refractivity contribution in [1.29, 1.82) is 0 Å². The molecule has 1 N–H and O–H groups in total. The van der Waals surface area contributed by atoms with E-state index >= 15 is 0 Å². The van der Waals surface area contributed by atoms with Crippen LogP contribution in [0.2, 0.25) is 0 Å². The van der Waals surface area contributed by atoms with E-state index in [9.17, 15) is 0 Å². The van der Waals surface area contributed by atoms with Gasteiger partial charge in [0.05, 0.1) is 3.79 Å². The Balaban J connectivity index is 0.00000200. The summed E-state index contributed by atoms with van der Waals surface area (Å²) in [5.41, 5.74) is 0. The summed E-state index contributed by atoms with van der Waals surface area (Å²) in [4.78, 5) is 8.20. The van der Waals surface area contributed by atoms with E-state index in [1.54, 1.807) is 11.3 Å². The van der Waals surface area contributed by atoms with Gasteiger partial charge in [-0.25, -0.2) is 0 Å². The number of guanidine groups is 1. The second-order valence-electron chi connectivity index (χ2n) is 5.12. The van der Waals surface area contributed by atoms with Crippen molar-refractivity contribution in [2.24, 2.45) is 10.9 Å². The van der Waals surface area contributed by atoms with Crippen LogP contribution in [-0.4, -0.2) is 37.5 Å². The van der Waals surface area contributed by atoms with E-state index in [2.05, 4.69) is 50.2 Å². The minimum absolute atomic E-state index is 0. The van der Waals surface area contributed by atoms with Crippen LogP contribution < -0.4 is 5.32 Å². The summed E-state index contributed by atoms with van der Waals surface area (Å²) >= 11 is 5.31. The van der Waals surface area contributed by atoms with E-state index in [1.807, 2.05) is 7.05 Å². The highest BCUT2D eigenvalue weighted by Gasteiger charge is 2.18. The summed E-state index contributed by atoms with van der Waals surface area (Å²) < 4.78 is 1.21. The minimum Gasteiger partial charge on any atom is -0.356 e. The Kier molecular flexibility index (Phi) is 8.43. The molecule has 0 amide bonds. The molecule has 1 aliphatic rings. The van der Waals surface area contributed by atoms with Gasteiger partial charge in [-0.15, -0.1) is 35.3 Å². The van der Waals surface area contributed by atoms with Gasteiger partial charge in [0.1, 0.15) is 0 Å². The number of nitrogens with one attached hydrogen (secondary N) is 1. The molecule has 3 nitrogen and oxygen atoms in total. The second kappa shape index (κ2) is 9.25.